The molecule has 0 radical (unpaired) electrons. The topological polar surface area (TPSA) is 42.5 Å². The van der Waals surface area contributed by atoms with Crippen LogP contribution in [0.2, 0.25) is 0 Å². The second kappa shape index (κ2) is 7.78. The summed E-state index contributed by atoms with van der Waals surface area (Å²) in [4.78, 5) is 0. The van der Waals surface area contributed by atoms with E-state index in [2.05, 4.69) is 10.6 Å². The predicted molar refractivity (Wildman–Crippen MR) is 95.1 cm³/mol. The Kier molecular flexibility index (Phi) is 5.76. The SMILES string of the molecule is CCOc1ccc(NC(=S)Nc2ccc(C)c(F)c2)cc1OC. The van der Waals surface area contributed by atoms with E-state index < -0.39 is 0 Å². The van der Waals surface area contributed by atoms with Crippen LogP contribution < -0.4 is 20.1 Å². The van der Waals surface area contributed by atoms with Crippen molar-refractivity contribution in [2.75, 3.05) is 24.4 Å². The van der Waals surface area contributed by atoms with Crippen LogP contribution in [0.1, 0.15) is 12.5 Å². The Balaban J connectivity index is 2.06. The number of thiocarbonyl (C=S) groups is 1. The van der Waals surface area contributed by atoms with Crippen LogP contribution in [0.5, 0.6) is 11.5 Å². The lowest BCUT2D eigenvalue weighted by Gasteiger charge is -2.14. The summed E-state index contributed by atoms with van der Waals surface area (Å²) in [6.07, 6.45) is 0. The summed E-state index contributed by atoms with van der Waals surface area (Å²) in [7, 11) is 1.58. The second-order valence-electron chi connectivity index (χ2n) is 4.84. The summed E-state index contributed by atoms with van der Waals surface area (Å²) in [5.74, 6) is 1.00. The second-order valence-corrected chi connectivity index (χ2v) is 5.25. The van der Waals surface area contributed by atoms with Gasteiger partial charge < -0.3 is 20.1 Å². The molecule has 2 rings (SSSR count). The van der Waals surface area contributed by atoms with Crippen LogP contribution in [0.3, 0.4) is 0 Å². The first-order valence-electron chi connectivity index (χ1n) is 7.18. The fraction of sp³-hybridized carbons (Fsp3) is 0.235. The van der Waals surface area contributed by atoms with Crippen LogP contribution in [-0.4, -0.2) is 18.8 Å². The first-order valence-corrected chi connectivity index (χ1v) is 7.59. The largest absolute Gasteiger partial charge is 0.493 e. The highest BCUT2D eigenvalue weighted by Gasteiger charge is 2.07. The summed E-state index contributed by atoms with van der Waals surface area (Å²) >= 11 is 5.24. The van der Waals surface area contributed by atoms with Crippen molar-refractivity contribution in [2.24, 2.45) is 0 Å². The Morgan fingerprint density at radius 1 is 1.09 bits per heavy atom. The van der Waals surface area contributed by atoms with Crippen LogP contribution in [-0.2, 0) is 0 Å². The average molecular weight is 334 g/mol. The number of nitrogens with one attached hydrogen (secondary N) is 2. The van der Waals surface area contributed by atoms with Crippen LogP contribution in [0.25, 0.3) is 0 Å². The highest BCUT2D eigenvalue weighted by atomic mass is 32.1. The predicted octanol–water partition coefficient (Wildman–Crippen LogP) is 4.35. The first-order chi connectivity index (χ1) is 11.0. The van der Waals surface area contributed by atoms with Crippen molar-refractivity contribution in [3.05, 3.63) is 47.8 Å². The molecule has 2 N–H and O–H groups in total. The molecule has 0 aromatic heterocycles. The molecule has 0 spiro atoms. The van der Waals surface area contributed by atoms with E-state index in [9.17, 15) is 4.39 Å². The molecule has 0 saturated carbocycles. The van der Waals surface area contributed by atoms with Gasteiger partial charge in [0.25, 0.3) is 0 Å². The van der Waals surface area contributed by atoms with Gasteiger partial charge in [-0.3, -0.25) is 0 Å². The minimum absolute atomic E-state index is 0.277. The molecule has 0 amide bonds. The van der Waals surface area contributed by atoms with Gasteiger partial charge in [-0.1, -0.05) is 6.07 Å². The van der Waals surface area contributed by atoms with Crippen molar-refractivity contribution in [1.82, 2.24) is 0 Å². The number of benzene rings is 2. The molecular formula is C17H19FN2O2S. The molecule has 23 heavy (non-hydrogen) atoms. The number of halogens is 1. The molecule has 0 bridgehead atoms. The van der Waals surface area contributed by atoms with Crippen LogP contribution >= 0.6 is 12.2 Å². The summed E-state index contributed by atoms with van der Waals surface area (Å²) in [5.41, 5.74) is 1.92. The Morgan fingerprint density at radius 2 is 1.74 bits per heavy atom. The number of ether oxygens (including phenoxy) is 2. The third-order valence-corrected chi connectivity index (χ3v) is 3.36. The van der Waals surface area contributed by atoms with Gasteiger partial charge in [0.2, 0.25) is 0 Å². The molecule has 2 aromatic rings. The van der Waals surface area contributed by atoms with E-state index in [1.807, 2.05) is 13.0 Å². The van der Waals surface area contributed by atoms with E-state index in [0.717, 1.165) is 5.69 Å². The van der Waals surface area contributed by atoms with Crippen molar-refractivity contribution < 1.29 is 13.9 Å². The molecule has 6 heteroatoms. The lowest BCUT2D eigenvalue weighted by Crippen LogP contribution is -2.19. The Labute approximate surface area is 140 Å². The molecule has 0 saturated heterocycles. The highest BCUT2D eigenvalue weighted by Crippen LogP contribution is 2.30. The van der Waals surface area contributed by atoms with Gasteiger partial charge in [-0.15, -0.1) is 0 Å². The van der Waals surface area contributed by atoms with Gasteiger partial charge in [-0.2, -0.15) is 0 Å². The van der Waals surface area contributed by atoms with Crippen molar-refractivity contribution in [3.63, 3.8) is 0 Å². The van der Waals surface area contributed by atoms with Crippen LogP contribution in [0, 0.1) is 12.7 Å². The lowest BCUT2D eigenvalue weighted by atomic mass is 10.2. The van der Waals surface area contributed by atoms with Crippen molar-refractivity contribution in [1.29, 1.82) is 0 Å². The third kappa shape index (κ3) is 4.56. The zero-order chi connectivity index (χ0) is 16.8. The molecule has 2 aromatic carbocycles. The van der Waals surface area contributed by atoms with E-state index in [-0.39, 0.29) is 5.82 Å². The van der Waals surface area contributed by atoms with Gasteiger partial charge in [0.05, 0.1) is 13.7 Å². The molecule has 0 atom stereocenters. The van der Waals surface area contributed by atoms with E-state index in [1.165, 1.54) is 6.07 Å². The fourth-order valence-electron chi connectivity index (χ4n) is 1.98. The molecule has 0 aliphatic carbocycles. The molecule has 0 unspecified atom stereocenters. The minimum Gasteiger partial charge on any atom is -0.493 e. The van der Waals surface area contributed by atoms with Crippen molar-refractivity contribution in [2.45, 2.75) is 13.8 Å². The molecule has 0 aliphatic heterocycles. The van der Waals surface area contributed by atoms with Gasteiger partial charge in [-0.25, -0.2) is 4.39 Å². The van der Waals surface area contributed by atoms with Crippen molar-refractivity contribution >= 4 is 28.7 Å². The molecular weight excluding hydrogens is 315 g/mol. The molecule has 0 aliphatic rings. The number of anilines is 2. The zero-order valence-electron chi connectivity index (χ0n) is 13.3. The normalized spacial score (nSPS) is 10.1. The van der Waals surface area contributed by atoms with Gasteiger partial charge in [0, 0.05) is 17.4 Å². The monoisotopic (exact) mass is 334 g/mol. The molecule has 0 heterocycles. The maximum atomic E-state index is 13.5. The van der Waals surface area contributed by atoms with Crippen LogP contribution in [0.4, 0.5) is 15.8 Å². The van der Waals surface area contributed by atoms with Gasteiger partial charge in [0.1, 0.15) is 5.82 Å². The van der Waals surface area contributed by atoms with Gasteiger partial charge >= 0.3 is 0 Å². The van der Waals surface area contributed by atoms with Crippen LogP contribution in [0.15, 0.2) is 36.4 Å². The quantitative estimate of drug-likeness (QED) is 0.796. The van der Waals surface area contributed by atoms with Crippen molar-refractivity contribution in [3.8, 4) is 11.5 Å². The van der Waals surface area contributed by atoms with E-state index in [0.29, 0.717) is 34.5 Å². The minimum atomic E-state index is -0.277. The van der Waals surface area contributed by atoms with Gasteiger partial charge in [-0.05, 0) is 55.9 Å². The number of methoxy groups -OCH3 is 1. The van der Waals surface area contributed by atoms with E-state index in [4.69, 9.17) is 21.7 Å². The Morgan fingerprint density at radius 3 is 2.35 bits per heavy atom. The van der Waals surface area contributed by atoms with E-state index in [1.54, 1.807) is 38.3 Å². The zero-order valence-corrected chi connectivity index (χ0v) is 14.1. The number of hydrogen-bond acceptors (Lipinski definition) is 3. The molecule has 0 fully saturated rings. The molecule has 122 valence electrons. The Bertz CT molecular complexity index is 707. The smallest absolute Gasteiger partial charge is 0.175 e. The fourth-order valence-corrected chi connectivity index (χ4v) is 2.22. The summed E-state index contributed by atoms with van der Waals surface area (Å²) in [6.45, 7) is 4.18. The first kappa shape index (κ1) is 17.0. The highest BCUT2D eigenvalue weighted by molar-refractivity contribution is 7.80. The molecule has 4 nitrogen and oxygen atoms in total. The maximum absolute atomic E-state index is 13.5. The number of hydrogen-bond donors (Lipinski definition) is 2. The standard InChI is InChI=1S/C17H19FN2O2S/c1-4-22-15-8-7-13(10-16(15)21-3)20-17(23)19-12-6-5-11(2)14(18)9-12/h5-10H,4H2,1-3H3,(H2,19,20,23). The summed E-state index contributed by atoms with van der Waals surface area (Å²) in [5, 5.41) is 6.34. The van der Waals surface area contributed by atoms with Gasteiger partial charge in [0.15, 0.2) is 16.6 Å². The number of rotatable bonds is 5. The number of aryl methyl sites for hydroxylation is 1. The summed E-state index contributed by atoms with van der Waals surface area (Å²) in [6, 6.07) is 10.3. The summed E-state index contributed by atoms with van der Waals surface area (Å²) < 4.78 is 24.3. The maximum Gasteiger partial charge on any atom is 0.175 e. The third-order valence-electron chi connectivity index (χ3n) is 3.15. The van der Waals surface area contributed by atoms with E-state index >= 15 is 0 Å². The lowest BCUT2D eigenvalue weighted by molar-refractivity contribution is 0.311. The average Bonchev–Trinajstić information content (AvgIpc) is 2.52. The Hall–Kier alpha value is -2.34.